The Morgan fingerprint density at radius 3 is 3.23 bits per heavy atom. The van der Waals surface area contributed by atoms with E-state index >= 15 is 0 Å². The van der Waals surface area contributed by atoms with Crippen LogP contribution in [0.4, 0.5) is 4.79 Å². The number of thiazole rings is 1. The Balaban J connectivity index is 2.19. The molecule has 0 aliphatic carbocycles. The molecule has 0 unspecified atom stereocenters. The number of cyclic esters (lactones) is 1. The number of alkyl carbamates (subject to hydrolysis) is 1. The molecule has 1 aromatic rings. The van der Waals surface area contributed by atoms with Crippen molar-refractivity contribution in [1.82, 2.24) is 10.3 Å². The van der Waals surface area contributed by atoms with Crippen LogP contribution in [0.1, 0.15) is 11.1 Å². The number of aliphatic hydroxyl groups excluding tert-OH is 1. The number of hydrogen-bond donors (Lipinski definition) is 2. The number of nitrogens with zero attached hydrogens (tertiary/aromatic N) is 1. The quantitative estimate of drug-likeness (QED) is 0.719. The number of rotatable bonds is 2. The molecule has 2 atom stereocenters. The molecule has 1 amide bonds. The van der Waals surface area contributed by atoms with Gasteiger partial charge in [0.1, 0.15) is 5.01 Å². The summed E-state index contributed by atoms with van der Waals surface area (Å²) in [7, 11) is 0. The SMILES string of the molecule is O=C1N[C@@H](CO)[C@H](c2nccs2)O1. The van der Waals surface area contributed by atoms with Crippen LogP contribution in [0.25, 0.3) is 0 Å². The molecule has 2 rings (SSSR count). The van der Waals surface area contributed by atoms with Crippen molar-refractivity contribution in [2.45, 2.75) is 12.1 Å². The van der Waals surface area contributed by atoms with E-state index in [0.29, 0.717) is 5.01 Å². The maximum atomic E-state index is 10.9. The second kappa shape index (κ2) is 3.31. The molecule has 2 heterocycles. The second-order valence-corrected chi connectivity index (χ2v) is 3.56. The molecule has 13 heavy (non-hydrogen) atoms. The van der Waals surface area contributed by atoms with E-state index in [4.69, 9.17) is 9.84 Å². The summed E-state index contributed by atoms with van der Waals surface area (Å²) >= 11 is 1.40. The van der Waals surface area contributed by atoms with Gasteiger partial charge in [-0.2, -0.15) is 0 Å². The average molecular weight is 200 g/mol. The molecule has 0 bridgehead atoms. The zero-order valence-electron chi connectivity index (χ0n) is 6.64. The lowest BCUT2D eigenvalue weighted by atomic mass is 10.2. The number of hydrogen-bond acceptors (Lipinski definition) is 5. The smallest absolute Gasteiger partial charge is 0.408 e. The average Bonchev–Trinajstić information content (AvgIpc) is 2.71. The maximum Gasteiger partial charge on any atom is 0.408 e. The summed E-state index contributed by atoms with van der Waals surface area (Å²) in [6, 6.07) is -0.376. The Hall–Kier alpha value is -1.14. The molecule has 1 aliphatic rings. The van der Waals surface area contributed by atoms with Gasteiger partial charge in [-0.15, -0.1) is 11.3 Å². The molecule has 70 valence electrons. The van der Waals surface area contributed by atoms with Gasteiger partial charge in [-0.1, -0.05) is 0 Å². The molecule has 1 saturated heterocycles. The van der Waals surface area contributed by atoms with Crippen molar-refractivity contribution in [2.24, 2.45) is 0 Å². The normalized spacial score (nSPS) is 27.0. The van der Waals surface area contributed by atoms with Gasteiger partial charge < -0.3 is 15.2 Å². The van der Waals surface area contributed by atoms with Gasteiger partial charge in [-0.3, -0.25) is 0 Å². The first kappa shape index (κ1) is 8.46. The summed E-state index contributed by atoms with van der Waals surface area (Å²) in [6.07, 6.45) is 0.692. The molecular weight excluding hydrogens is 192 g/mol. The number of carbonyl (C=O) groups excluding carboxylic acids is 1. The van der Waals surface area contributed by atoms with E-state index in [-0.39, 0.29) is 12.6 Å². The van der Waals surface area contributed by atoms with Crippen LogP contribution in [0.5, 0.6) is 0 Å². The third kappa shape index (κ3) is 1.50. The minimum absolute atomic E-state index is 0.143. The standard InChI is InChI=1S/C7H8N2O3S/c10-3-4-5(12-7(11)9-4)6-8-1-2-13-6/h1-2,4-5,10H,3H2,(H,9,11)/t4-,5+/m0/s1. The summed E-state index contributed by atoms with van der Waals surface area (Å²) < 4.78 is 4.95. The highest BCUT2D eigenvalue weighted by molar-refractivity contribution is 7.09. The lowest BCUT2D eigenvalue weighted by molar-refractivity contribution is 0.119. The molecule has 0 spiro atoms. The van der Waals surface area contributed by atoms with Gasteiger partial charge in [-0.05, 0) is 0 Å². The summed E-state index contributed by atoms with van der Waals surface area (Å²) in [6.45, 7) is -0.143. The van der Waals surface area contributed by atoms with Crippen LogP contribution in [0.15, 0.2) is 11.6 Å². The van der Waals surface area contributed by atoms with Gasteiger partial charge in [0, 0.05) is 11.6 Å². The second-order valence-electron chi connectivity index (χ2n) is 2.63. The minimum Gasteiger partial charge on any atom is -0.436 e. The van der Waals surface area contributed by atoms with Crippen LogP contribution in [0, 0.1) is 0 Å². The number of amides is 1. The first-order valence-corrected chi connectivity index (χ1v) is 4.66. The molecular formula is C7H8N2O3S. The van der Waals surface area contributed by atoms with E-state index < -0.39 is 12.2 Å². The molecule has 0 aromatic carbocycles. The van der Waals surface area contributed by atoms with Gasteiger partial charge in [0.15, 0.2) is 6.10 Å². The van der Waals surface area contributed by atoms with E-state index in [2.05, 4.69) is 10.3 Å². The molecule has 1 aliphatic heterocycles. The van der Waals surface area contributed by atoms with Gasteiger partial charge in [0.05, 0.1) is 12.6 Å². The van der Waals surface area contributed by atoms with Gasteiger partial charge in [-0.25, -0.2) is 9.78 Å². The zero-order chi connectivity index (χ0) is 9.26. The Labute approximate surface area is 78.4 Å². The summed E-state index contributed by atoms with van der Waals surface area (Å²) in [5.41, 5.74) is 0. The lowest BCUT2D eigenvalue weighted by Gasteiger charge is -2.10. The fraction of sp³-hybridized carbons (Fsp3) is 0.429. The van der Waals surface area contributed by atoms with Crippen LogP contribution >= 0.6 is 11.3 Å². The van der Waals surface area contributed by atoms with E-state index in [0.717, 1.165) is 0 Å². The number of aliphatic hydroxyl groups is 1. The molecule has 1 fully saturated rings. The van der Waals surface area contributed by atoms with Crippen LogP contribution < -0.4 is 5.32 Å². The Morgan fingerprint density at radius 2 is 2.62 bits per heavy atom. The van der Waals surface area contributed by atoms with Crippen molar-refractivity contribution >= 4 is 17.4 Å². The molecule has 2 N–H and O–H groups in total. The monoisotopic (exact) mass is 200 g/mol. The van der Waals surface area contributed by atoms with Crippen molar-refractivity contribution in [3.63, 3.8) is 0 Å². The number of carbonyl (C=O) groups is 1. The van der Waals surface area contributed by atoms with Gasteiger partial charge in [0.25, 0.3) is 0 Å². The van der Waals surface area contributed by atoms with E-state index in [9.17, 15) is 4.79 Å². The number of nitrogens with one attached hydrogen (secondary N) is 1. The lowest BCUT2D eigenvalue weighted by Crippen LogP contribution is -2.31. The summed E-state index contributed by atoms with van der Waals surface area (Å²) in [5.74, 6) is 0. The topological polar surface area (TPSA) is 71.5 Å². The predicted molar refractivity (Wildman–Crippen MR) is 45.3 cm³/mol. The van der Waals surface area contributed by atoms with E-state index in [1.54, 1.807) is 11.6 Å². The minimum atomic E-state index is -0.501. The van der Waals surface area contributed by atoms with Crippen molar-refractivity contribution in [3.8, 4) is 0 Å². The van der Waals surface area contributed by atoms with Crippen LogP contribution in [0.3, 0.4) is 0 Å². The van der Waals surface area contributed by atoms with Crippen molar-refractivity contribution in [3.05, 3.63) is 16.6 Å². The number of ether oxygens (including phenoxy) is 1. The Kier molecular flexibility index (Phi) is 2.15. The summed E-state index contributed by atoms with van der Waals surface area (Å²) in [4.78, 5) is 14.9. The van der Waals surface area contributed by atoms with Crippen LogP contribution in [-0.2, 0) is 4.74 Å². The highest BCUT2D eigenvalue weighted by atomic mass is 32.1. The van der Waals surface area contributed by atoms with Gasteiger partial charge >= 0.3 is 6.09 Å². The zero-order valence-corrected chi connectivity index (χ0v) is 7.45. The number of aromatic nitrogens is 1. The largest absolute Gasteiger partial charge is 0.436 e. The fourth-order valence-electron chi connectivity index (χ4n) is 1.20. The van der Waals surface area contributed by atoms with E-state index in [1.807, 2.05) is 0 Å². The van der Waals surface area contributed by atoms with Crippen molar-refractivity contribution in [1.29, 1.82) is 0 Å². The third-order valence-corrected chi connectivity index (χ3v) is 2.63. The molecule has 0 saturated carbocycles. The third-order valence-electron chi connectivity index (χ3n) is 1.79. The van der Waals surface area contributed by atoms with Crippen molar-refractivity contribution < 1.29 is 14.6 Å². The molecule has 1 aromatic heterocycles. The van der Waals surface area contributed by atoms with Crippen molar-refractivity contribution in [2.75, 3.05) is 6.61 Å². The molecule has 6 heteroatoms. The summed E-state index contributed by atoms with van der Waals surface area (Å²) in [5, 5.41) is 13.9. The Bertz CT molecular complexity index is 301. The highest BCUT2D eigenvalue weighted by Crippen LogP contribution is 2.27. The highest BCUT2D eigenvalue weighted by Gasteiger charge is 2.36. The first-order chi connectivity index (χ1) is 6.31. The van der Waals surface area contributed by atoms with E-state index in [1.165, 1.54) is 11.3 Å². The fourth-order valence-corrected chi connectivity index (χ4v) is 1.93. The van der Waals surface area contributed by atoms with Crippen LogP contribution in [0.2, 0.25) is 0 Å². The molecule has 0 radical (unpaired) electrons. The molecule has 5 nitrogen and oxygen atoms in total. The van der Waals surface area contributed by atoms with Gasteiger partial charge in [0.2, 0.25) is 0 Å². The van der Waals surface area contributed by atoms with Crippen LogP contribution in [-0.4, -0.2) is 28.8 Å². The predicted octanol–water partition coefficient (Wildman–Crippen LogP) is 0.285. The Morgan fingerprint density at radius 1 is 1.77 bits per heavy atom. The first-order valence-electron chi connectivity index (χ1n) is 3.78. The maximum absolute atomic E-state index is 10.9.